The highest BCUT2D eigenvalue weighted by atomic mass is 35.5. The van der Waals surface area contributed by atoms with Crippen molar-refractivity contribution in [2.24, 2.45) is 0 Å². The number of ether oxygens (including phenoxy) is 2. The van der Waals surface area contributed by atoms with E-state index in [-0.39, 0.29) is 6.10 Å². The fourth-order valence-corrected chi connectivity index (χ4v) is 2.75. The molecule has 4 nitrogen and oxygen atoms in total. The lowest BCUT2D eigenvalue weighted by molar-refractivity contribution is -0.000548. The van der Waals surface area contributed by atoms with Gasteiger partial charge in [0.05, 0.1) is 29.5 Å². The average molecular weight is 412 g/mol. The van der Waals surface area contributed by atoms with E-state index >= 15 is 0 Å². The Hall–Kier alpha value is -1.72. The Labute approximate surface area is 167 Å². The van der Waals surface area contributed by atoms with E-state index < -0.39 is 0 Å². The van der Waals surface area contributed by atoms with Crippen LogP contribution in [0.15, 0.2) is 61.2 Å². The number of imidazole rings is 1. The third-order valence-corrected chi connectivity index (χ3v) is 4.69. The molecule has 0 N–H and O–H groups in total. The normalized spacial score (nSPS) is 12.1. The Bertz CT molecular complexity index is 823. The zero-order valence-electron chi connectivity index (χ0n) is 13.8. The summed E-state index contributed by atoms with van der Waals surface area (Å²) < 4.78 is 13.8. The Morgan fingerprint density at radius 3 is 2.50 bits per heavy atom. The molecule has 26 heavy (non-hydrogen) atoms. The van der Waals surface area contributed by atoms with Crippen molar-refractivity contribution in [3.05, 3.63) is 81.8 Å². The lowest BCUT2D eigenvalue weighted by Gasteiger charge is -2.19. The Morgan fingerprint density at radius 2 is 1.81 bits per heavy atom. The lowest BCUT2D eigenvalue weighted by Crippen LogP contribution is -2.26. The largest absolute Gasteiger partial charge is 0.491 e. The highest BCUT2D eigenvalue weighted by Gasteiger charge is 2.12. The van der Waals surface area contributed by atoms with Gasteiger partial charge < -0.3 is 14.0 Å². The molecule has 0 aliphatic carbocycles. The fourth-order valence-electron chi connectivity index (χ4n) is 2.33. The molecule has 1 aromatic heterocycles. The first-order valence-corrected chi connectivity index (χ1v) is 9.13. The molecular formula is C19H17Cl3N2O2. The van der Waals surface area contributed by atoms with Gasteiger partial charge in [-0.15, -0.1) is 0 Å². The number of nitrogens with zero attached hydrogens (tertiary/aromatic N) is 2. The van der Waals surface area contributed by atoms with Crippen molar-refractivity contribution in [3.63, 3.8) is 0 Å². The van der Waals surface area contributed by atoms with Crippen molar-refractivity contribution in [3.8, 4) is 5.75 Å². The minimum absolute atomic E-state index is 0.172. The van der Waals surface area contributed by atoms with Gasteiger partial charge in [0.2, 0.25) is 0 Å². The molecule has 7 heteroatoms. The predicted molar refractivity (Wildman–Crippen MR) is 104 cm³/mol. The highest BCUT2D eigenvalue weighted by Crippen LogP contribution is 2.26. The summed E-state index contributed by atoms with van der Waals surface area (Å²) in [6, 6.07) is 12.7. The van der Waals surface area contributed by atoms with E-state index in [1.54, 1.807) is 30.7 Å². The highest BCUT2D eigenvalue weighted by molar-refractivity contribution is 6.42. The fraction of sp³-hybridized carbons (Fsp3) is 0.211. The molecule has 0 fully saturated rings. The van der Waals surface area contributed by atoms with Crippen LogP contribution in [0, 0.1) is 0 Å². The van der Waals surface area contributed by atoms with E-state index in [0.717, 1.165) is 5.56 Å². The predicted octanol–water partition coefficient (Wildman–Crippen LogP) is 5.51. The van der Waals surface area contributed by atoms with Crippen molar-refractivity contribution in [2.45, 2.75) is 19.3 Å². The summed E-state index contributed by atoms with van der Waals surface area (Å²) in [7, 11) is 0. The summed E-state index contributed by atoms with van der Waals surface area (Å²) in [5.74, 6) is 0.644. The maximum Gasteiger partial charge on any atom is 0.121 e. The van der Waals surface area contributed by atoms with Crippen LogP contribution in [0.1, 0.15) is 5.56 Å². The molecule has 0 amide bonds. The van der Waals surface area contributed by atoms with Crippen LogP contribution in [0.5, 0.6) is 5.75 Å². The molecule has 0 radical (unpaired) electrons. The zero-order valence-corrected chi connectivity index (χ0v) is 16.1. The van der Waals surface area contributed by atoms with E-state index in [1.807, 2.05) is 35.0 Å². The molecule has 0 bridgehead atoms. The van der Waals surface area contributed by atoms with E-state index in [2.05, 4.69) is 4.98 Å². The molecule has 0 aliphatic rings. The Balaban J connectivity index is 1.62. The number of aromatic nitrogens is 2. The molecule has 0 spiro atoms. The van der Waals surface area contributed by atoms with E-state index in [0.29, 0.717) is 40.6 Å². The van der Waals surface area contributed by atoms with Crippen molar-refractivity contribution >= 4 is 34.8 Å². The topological polar surface area (TPSA) is 36.3 Å². The smallest absolute Gasteiger partial charge is 0.121 e. The van der Waals surface area contributed by atoms with Crippen LogP contribution in [0.25, 0.3) is 0 Å². The first-order chi connectivity index (χ1) is 12.6. The van der Waals surface area contributed by atoms with Crippen molar-refractivity contribution in [1.29, 1.82) is 0 Å². The molecule has 1 atom stereocenters. The number of hydrogen-bond acceptors (Lipinski definition) is 3. The van der Waals surface area contributed by atoms with Gasteiger partial charge in [0.15, 0.2) is 0 Å². The van der Waals surface area contributed by atoms with Crippen LogP contribution in [0.4, 0.5) is 0 Å². The van der Waals surface area contributed by atoms with Crippen molar-refractivity contribution in [1.82, 2.24) is 9.55 Å². The SMILES string of the molecule is Clc1ccc(COC(COc2ccc(Cl)c(Cl)c2)Cn2ccnc2)cc1. The van der Waals surface area contributed by atoms with Crippen LogP contribution in [0.3, 0.4) is 0 Å². The second-order valence-corrected chi connectivity index (χ2v) is 6.96. The van der Waals surface area contributed by atoms with Crippen molar-refractivity contribution < 1.29 is 9.47 Å². The van der Waals surface area contributed by atoms with E-state index in [9.17, 15) is 0 Å². The van der Waals surface area contributed by atoms with Crippen LogP contribution in [-0.2, 0) is 17.9 Å². The number of rotatable bonds is 8. The van der Waals surface area contributed by atoms with Crippen LogP contribution >= 0.6 is 34.8 Å². The molecular weight excluding hydrogens is 395 g/mol. The van der Waals surface area contributed by atoms with Gasteiger partial charge in [-0.05, 0) is 29.8 Å². The molecule has 0 aliphatic heterocycles. The molecule has 3 aromatic rings. The average Bonchev–Trinajstić information content (AvgIpc) is 3.14. The second kappa shape index (κ2) is 9.28. The number of hydrogen-bond donors (Lipinski definition) is 0. The summed E-state index contributed by atoms with van der Waals surface area (Å²) in [6.45, 7) is 1.44. The monoisotopic (exact) mass is 410 g/mol. The Morgan fingerprint density at radius 1 is 1.00 bits per heavy atom. The standard InChI is InChI=1S/C19H17Cl3N2O2/c20-15-3-1-14(2-4-15)11-25-17(10-24-8-7-23-13-24)12-26-16-5-6-18(21)19(22)9-16/h1-9,13,17H,10-12H2. The molecule has 3 rings (SSSR count). The van der Waals surface area contributed by atoms with Gasteiger partial charge in [-0.3, -0.25) is 0 Å². The van der Waals surface area contributed by atoms with Crippen molar-refractivity contribution in [2.75, 3.05) is 6.61 Å². The maximum atomic E-state index is 6.04. The van der Waals surface area contributed by atoms with Gasteiger partial charge in [0.25, 0.3) is 0 Å². The van der Waals surface area contributed by atoms with Crippen LogP contribution < -0.4 is 4.74 Å². The van der Waals surface area contributed by atoms with Crippen LogP contribution in [-0.4, -0.2) is 22.3 Å². The third-order valence-electron chi connectivity index (χ3n) is 3.70. The molecule has 0 saturated carbocycles. The third kappa shape index (κ3) is 5.64. The van der Waals surface area contributed by atoms with Gasteiger partial charge in [0, 0.05) is 23.5 Å². The van der Waals surface area contributed by atoms with Gasteiger partial charge >= 0.3 is 0 Å². The molecule has 1 unspecified atom stereocenters. The molecule has 136 valence electrons. The summed E-state index contributed by atoms with van der Waals surface area (Å²) >= 11 is 17.9. The summed E-state index contributed by atoms with van der Waals surface area (Å²) in [5.41, 5.74) is 1.04. The minimum atomic E-state index is -0.172. The number of benzene rings is 2. The Kier molecular flexibility index (Phi) is 6.80. The molecule has 2 aromatic carbocycles. The zero-order chi connectivity index (χ0) is 18.4. The molecule has 1 heterocycles. The summed E-state index contributed by atoms with van der Waals surface area (Å²) in [4.78, 5) is 4.06. The van der Waals surface area contributed by atoms with Gasteiger partial charge in [-0.1, -0.05) is 46.9 Å². The first kappa shape index (κ1) is 19.1. The van der Waals surface area contributed by atoms with Gasteiger partial charge in [-0.25, -0.2) is 4.98 Å². The second-order valence-electron chi connectivity index (χ2n) is 5.71. The quantitative estimate of drug-likeness (QED) is 0.490. The van der Waals surface area contributed by atoms with Gasteiger partial charge in [0.1, 0.15) is 18.5 Å². The minimum Gasteiger partial charge on any atom is -0.491 e. The summed E-state index contributed by atoms with van der Waals surface area (Å²) in [5, 5.41) is 1.65. The summed E-state index contributed by atoms with van der Waals surface area (Å²) in [6.07, 6.45) is 5.19. The maximum absolute atomic E-state index is 6.04. The van der Waals surface area contributed by atoms with Gasteiger partial charge in [-0.2, -0.15) is 0 Å². The van der Waals surface area contributed by atoms with E-state index in [4.69, 9.17) is 44.3 Å². The lowest BCUT2D eigenvalue weighted by atomic mass is 10.2. The van der Waals surface area contributed by atoms with Crippen LogP contribution in [0.2, 0.25) is 15.1 Å². The first-order valence-electron chi connectivity index (χ1n) is 8.00. The molecule has 0 saturated heterocycles. The number of halogens is 3. The van der Waals surface area contributed by atoms with E-state index in [1.165, 1.54) is 0 Å².